The molecule has 0 bridgehead atoms. The zero-order valence-electron chi connectivity index (χ0n) is 11.7. The SMILES string of the molecule is Cl.O=C(CC1CSCCN1)NCCCN1CCCC1=O. The van der Waals surface area contributed by atoms with Crippen LogP contribution in [0.15, 0.2) is 0 Å². The molecule has 20 heavy (non-hydrogen) atoms. The maximum atomic E-state index is 11.7. The summed E-state index contributed by atoms with van der Waals surface area (Å²) in [6.45, 7) is 3.33. The molecule has 116 valence electrons. The van der Waals surface area contributed by atoms with Crippen molar-refractivity contribution in [3.63, 3.8) is 0 Å². The van der Waals surface area contributed by atoms with Gasteiger partial charge < -0.3 is 15.5 Å². The number of hydrogen-bond donors (Lipinski definition) is 2. The third kappa shape index (κ3) is 5.89. The minimum Gasteiger partial charge on any atom is -0.356 e. The van der Waals surface area contributed by atoms with Crippen molar-refractivity contribution in [1.82, 2.24) is 15.5 Å². The van der Waals surface area contributed by atoms with Gasteiger partial charge in [0.1, 0.15) is 0 Å². The van der Waals surface area contributed by atoms with Gasteiger partial charge in [-0.1, -0.05) is 0 Å². The Kier molecular flexibility index (Phi) is 8.33. The van der Waals surface area contributed by atoms with Crippen LogP contribution in [-0.2, 0) is 9.59 Å². The van der Waals surface area contributed by atoms with Crippen LogP contribution in [0.2, 0.25) is 0 Å². The van der Waals surface area contributed by atoms with Crippen LogP contribution in [0.3, 0.4) is 0 Å². The van der Waals surface area contributed by atoms with Crippen molar-refractivity contribution in [2.75, 3.05) is 37.7 Å². The van der Waals surface area contributed by atoms with Gasteiger partial charge in [0.2, 0.25) is 11.8 Å². The first-order chi connectivity index (χ1) is 9.25. The third-order valence-corrected chi connectivity index (χ3v) is 4.66. The highest BCUT2D eigenvalue weighted by Crippen LogP contribution is 2.10. The first-order valence-electron chi connectivity index (χ1n) is 7.11. The molecule has 2 aliphatic heterocycles. The lowest BCUT2D eigenvalue weighted by atomic mass is 10.2. The number of rotatable bonds is 6. The van der Waals surface area contributed by atoms with E-state index in [1.165, 1.54) is 0 Å². The molecule has 0 aliphatic carbocycles. The van der Waals surface area contributed by atoms with Gasteiger partial charge in [-0.25, -0.2) is 0 Å². The van der Waals surface area contributed by atoms with Crippen LogP contribution in [-0.4, -0.2) is 60.4 Å². The molecular weight excluding hydrogens is 298 g/mol. The fourth-order valence-corrected chi connectivity index (χ4v) is 3.43. The normalized spacial score (nSPS) is 22.5. The molecule has 0 radical (unpaired) electrons. The van der Waals surface area contributed by atoms with Crippen molar-refractivity contribution in [3.05, 3.63) is 0 Å². The zero-order valence-corrected chi connectivity index (χ0v) is 13.4. The Morgan fingerprint density at radius 2 is 2.35 bits per heavy atom. The van der Waals surface area contributed by atoms with Gasteiger partial charge in [0, 0.05) is 56.6 Å². The Bertz CT molecular complexity index is 325. The maximum absolute atomic E-state index is 11.7. The van der Waals surface area contributed by atoms with Crippen molar-refractivity contribution in [2.45, 2.75) is 31.7 Å². The summed E-state index contributed by atoms with van der Waals surface area (Å²) in [6.07, 6.45) is 3.09. The van der Waals surface area contributed by atoms with Gasteiger partial charge in [-0.2, -0.15) is 11.8 Å². The first-order valence-corrected chi connectivity index (χ1v) is 8.27. The lowest BCUT2D eigenvalue weighted by molar-refractivity contribution is -0.127. The number of carbonyl (C=O) groups is 2. The van der Waals surface area contributed by atoms with E-state index in [-0.39, 0.29) is 24.2 Å². The number of hydrogen-bond acceptors (Lipinski definition) is 4. The highest BCUT2D eigenvalue weighted by atomic mass is 35.5. The number of carbonyl (C=O) groups excluding carboxylic acids is 2. The summed E-state index contributed by atoms with van der Waals surface area (Å²) in [6, 6.07) is 0.318. The second-order valence-corrected chi connectivity index (χ2v) is 6.27. The maximum Gasteiger partial charge on any atom is 0.222 e. The van der Waals surface area contributed by atoms with Gasteiger partial charge in [-0.05, 0) is 12.8 Å². The predicted octanol–water partition coefficient (Wildman–Crippen LogP) is 0.632. The van der Waals surface area contributed by atoms with Gasteiger partial charge in [0.05, 0.1) is 0 Å². The molecule has 2 fully saturated rings. The van der Waals surface area contributed by atoms with E-state index in [1.807, 2.05) is 16.7 Å². The molecule has 0 aromatic heterocycles. The van der Waals surface area contributed by atoms with Crippen LogP contribution in [0.1, 0.15) is 25.7 Å². The van der Waals surface area contributed by atoms with Crippen molar-refractivity contribution in [1.29, 1.82) is 0 Å². The second-order valence-electron chi connectivity index (χ2n) is 5.12. The number of thioether (sulfide) groups is 1. The number of nitrogens with one attached hydrogen (secondary N) is 2. The smallest absolute Gasteiger partial charge is 0.222 e. The summed E-state index contributed by atoms with van der Waals surface area (Å²) in [4.78, 5) is 25.0. The summed E-state index contributed by atoms with van der Waals surface area (Å²) >= 11 is 1.90. The molecule has 0 aromatic carbocycles. The largest absolute Gasteiger partial charge is 0.356 e. The van der Waals surface area contributed by atoms with Crippen LogP contribution >= 0.6 is 24.2 Å². The fraction of sp³-hybridized carbons (Fsp3) is 0.846. The molecule has 2 amide bonds. The number of nitrogens with zero attached hydrogens (tertiary/aromatic N) is 1. The predicted molar refractivity (Wildman–Crippen MR) is 84.4 cm³/mol. The van der Waals surface area contributed by atoms with Crippen LogP contribution < -0.4 is 10.6 Å². The van der Waals surface area contributed by atoms with E-state index in [0.717, 1.165) is 44.0 Å². The van der Waals surface area contributed by atoms with Crippen molar-refractivity contribution >= 4 is 36.0 Å². The van der Waals surface area contributed by atoms with E-state index >= 15 is 0 Å². The van der Waals surface area contributed by atoms with Crippen molar-refractivity contribution < 1.29 is 9.59 Å². The first kappa shape index (κ1) is 17.6. The minimum absolute atomic E-state index is 0. The van der Waals surface area contributed by atoms with Crippen LogP contribution in [0.5, 0.6) is 0 Å². The third-order valence-electron chi connectivity index (χ3n) is 3.53. The Hall–Kier alpha value is -0.460. The summed E-state index contributed by atoms with van der Waals surface area (Å²) in [7, 11) is 0. The molecule has 0 saturated carbocycles. The Morgan fingerprint density at radius 1 is 1.50 bits per heavy atom. The molecule has 2 saturated heterocycles. The monoisotopic (exact) mass is 321 g/mol. The number of likely N-dealkylation sites (tertiary alicyclic amines) is 1. The molecule has 2 heterocycles. The second kappa shape index (κ2) is 9.47. The molecular formula is C13H24ClN3O2S. The van der Waals surface area contributed by atoms with Crippen molar-refractivity contribution in [2.24, 2.45) is 0 Å². The Balaban J connectivity index is 0.00000200. The lowest BCUT2D eigenvalue weighted by Crippen LogP contribution is -2.41. The van der Waals surface area contributed by atoms with Gasteiger partial charge in [-0.3, -0.25) is 9.59 Å². The molecule has 0 spiro atoms. The quantitative estimate of drug-likeness (QED) is 0.705. The molecule has 1 unspecified atom stereocenters. The van der Waals surface area contributed by atoms with E-state index in [9.17, 15) is 9.59 Å². The molecule has 7 heteroatoms. The Labute approximate surface area is 131 Å². The molecule has 1 atom stereocenters. The highest BCUT2D eigenvalue weighted by molar-refractivity contribution is 7.99. The van der Waals surface area contributed by atoms with E-state index in [0.29, 0.717) is 25.4 Å². The van der Waals surface area contributed by atoms with Crippen LogP contribution in [0.25, 0.3) is 0 Å². The van der Waals surface area contributed by atoms with Gasteiger partial charge >= 0.3 is 0 Å². The number of amides is 2. The highest BCUT2D eigenvalue weighted by Gasteiger charge is 2.19. The van der Waals surface area contributed by atoms with E-state index in [4.69, 9.17) is 0 Å². The Morgan fingerprint density at radius 3 is 3.00 bits per heavy atom. The molecule has 2 rings (SSSR count). The summed E-state index contributed by atoms with van der Waals surface area (Å²) < 4.78 is 0. The average molecular weight is 322 g/mol. The van der Waals surface area contributed by atoms with Gasteiger partial charge in [-0.15, -0.1) is 12.4 Å². The van der Waals surface area contributed by atoms with E-state index < -0.39 is 0 Å². The van der Waals surface area contributed by atoms with Gasteiger partial charge in [0.15, 0.2) is 0 Å². The molecule has 2 N–H and O–H groups in total. The molecule has 0 aromatic rings. The lowest BCUT2D eigenvalue weighted by Gasteiger charge is -2.22. The van der Waals surface area contributed by atoms with Crippen molar-refractivity contribution in [3.8, 4) is 0 Å². The van der Waals surface area contributed by atoms with E-state index in [1.54, 1.807) is 0 Å². The van der Waals surface area contributed by atoms with E-state index in [2.05, 4.69) is 10.6 Å². The summed E-state index contributed by atoms with van der Waals surface area (Å²) in [5.41, 5.74) is 0. The van der Waals surface area contributed by atoms with Crippen LogP contribution in [0, 0.1) is 0 Å². The van der Waals surface area contributed by atoms with Gasteiger partial charge in [0.25, 0.3) is 0 Å². The topological polar surface area (TPSA) is 61.4 Å². The molecule has 5 nitrogen and oxygen atoms in total. The summed E-state index contributed by atoms with van der Waals surface area (Å²) in [5.74, 6) is 2.54. The molecule has 2 aliphatic rings. The summed E-state index contributed by atoms with van der Waals surface area (Å²) in [5, 5.41) is 6.30. The number of halogens is 1. The zero-order chi connectivity index (χ0) is 13.5. The van der Waals surface area contributed by atoms with Crippen LogP contribution in [0.4, 0.5) is 0 Å². The fourth-order valence-electron chi connectivity index (χ4n) is 2.48. The average Bonchev–Trinajstić information content (AvgIpc) is 2.81. The standard InChI is InChI=1S/C13H23N3O2S.ClH/c17-12(9-11-10-19-8-5-14-11)15-4-2-7-16-6-1-3-13(16)18;/h11,14H,1-10H2,(H,15,17);1H. The minimum atomic E-state index is 0.